The molecule has 4 unspecified atom stereocenters. The van der Waals surface area contributed by atoms with E-state index in [0.29, 0.717) is 30.1 Å². The molecule has 0 aliphatic carbocycles. The SMILES string of the molecule is CC(NC1CC2CCC(C1)N2C(=O)OC(C)(C)C)C1CCOC1. The van der Waals surface area contributed by atoms with Crippen molar-refractivity contribution in [2.45, 2.75) is 89.6 Å². The van der Waals surface area contributed by atoms with Crippen LogP contribution in [-0.4, -0.2) is 54.0 Å². The molecule has 1 amide bonds. The lowest BCUT2D eigenvalue weighted by atomic mass is 9.94. The van der Waals surface area contributed by atoms with Gasteiger partial charge in [0.25, 0.3) is 0 Å². The second-order valence-electron chi connectivity index (χ2n) is 8.52. The van der Waals surface area contributed by atoms with Gasteiger partial charge in [-0.1, -0.05) is 0 Å². The number of fused-ring (bicyclic) bond motifs is 2. The van der Waals surface area contributed by atoms with Crippen LogP contribution in [0.15, 0.2) is 0 Å². The number of hydrogen-bond acceptors (Lipinski definition) is 4. The molecule has 0 saturated carbocycles. The molecular weight excluding hydrogens is 292 g/mol. The lowest BCUT2D eigenvalue weighted by molar-refractivity contribution is 0.00403. The van der Waals surface area contributed by atoms with Gasteiger partial charge in [0.05, 0.1) is 6.61 Å². The Bertz CT molecular complexity index is 414. The first-order chi connectivity index (χ1) is 10.8. The highest BCUT2D eigenvalue weighted by atomic mass is 16.6. The number of ether oxygens (including phenoxy) is 2. The average molecular weight is 324 g/mol. The van der Waals surface area contributed by atoms with E-state index < -0.39 is 5.60 Å². The zero-order chi connectivity index (χ0) is 16.6. The Morgan fingerprint density at radius 2 is 1.87 bits per heavy atom. The van der Waals surface area contributed by atoms with Crippen LogP contribution in [0.4, 0.5) is 4.79 Å². The van der Waals surface area contributed by atoms with Crippen LogP contribution in [-0.2, 0) is 9.47 Å². The van der Waals surface area contributed by atoms with Gasteiger partial charge in [-0.05, 0) is 65.7 Å². The summed E-state index contributed by atoms with van der Waals surface area (Å²) in [5.74, 6) is 0.636. The molecule has 1 N–H and O–H groups in total. The fourth-order valence-corrected chi connectivity index (χ4v) is 4.38. The van der Waals surface area contributed by atoms with Crippen molar-refractivity contribution in [2.24, 2.45) is 5.92 Å². The standard InChI is InChI=1S/C18H32N2O3/c1-12(13-7-8-22-11-13)19-14-9-15-5-6-16(10-14)20(15)17(21)23-18(2,3)4/h12-16,19H,5-11H2,1-4H3. The predicted molar refractivity (Wildman–Crippen MR) is 89.4 cm³/mol. The fraction of sp³-hybridized carbons (Fsp3) is 0.944. The van der Waals surface area contributed by atoms with E-state index in [-0.39, 0.29) is 6.09 Å². The van der Waals surface area contributed by atoms with Crippen LogP contribution in [0.2, 0.25) is 0 Å². The molecule has 0 aromatic carbocycles. The van der Waals surface area contributed by atoms with Crippen LogP contribution >= 0.6 is 0 Å². The molecule has 5 heteroatoms. The zero-order valence-electron chi connectivity index (χ0n) is 15.0. The molecule has 3 rings (SSSR count). The number of nitrogens with one attached hydrogen (secondary N) is 1. The molecule has 0 spiro atoms. The number of hydrogen-bond donors (Lipinski definition) is 1. The van der Waals surface area contributed by atoms with Crippen molar-refractivity contribution >= 4 is 6.09 Å². The van der Waals surface area contributed by atoms with Crippen molar-refractivity contribution < 1.29 is 14.3 Å². The Morgan fingerprint density at radius 3 is 2.39 bits per heavy atom. The molecule has 3 saturated heterocycles. The minimum Gasteiger partial charge on any atom is -0.444 e. The summed E-state index contributed by atoms with van der Waals surface area (Å²) >= 11 is 0. The Kier molecular flexibility index (Phi) is 4.88. The van der Waals surface area contributed by atoms with E-state index in [0.717, 1.165) is 45.3 Å². The number of piperidine rings is 1. The van der Waals surface area contributed by atoms with Gasteiger partial charge in [-0.25, -0.2) is 4.79 Å². The minimum atomic E-state index is -0.414. The van der Waals surface area contributed by atoms with Gasteiger partial charge >= 0.3 is 6.09 Å². The van der Waals surface area contributed by atoms with Gasteiger partial charge in [0.2, 0.25) is 0 Å². The molecule has 23 heavy (non-hydrogen) atoms. The van der Waals surface area contributed by atoms with Gasteiger partial charge in [-0.3, -0.25) is 0 Å². The second kappa shape index (κ2) is 6.60. The summed E-state index contributed by atoms with van der Waals surface area (Å²) in [6.45, 7) is 9.88. The summed E-state index contributed by atoms with van der Waals surface area (Å²) in [5.41, 5.74) is -0.414. The number of carbonyl (C=O) groups excluding carboxylic acids is 1. The summed E-state index contributed by atoms with van der Waals surface area (Å²) in [6.07, 6.45) is 5.37. The normalized spacial score (nSPS) is 35.4. The minimum absolute atomic E-state index is 0.124. The molecule has 3 heterocycles. The fourth-order valence-electron chi connectivity index (χ4n) is 4.38. The van der Waals surface area contributed by atoms with Crippen LogP contribution in [0.1, 0.15) is 59.8 Å². The summed E-state index contributed by atoms with van der Waals surface area (Å²) in [7, 11) is 0. The molecule has 2 bridgehead atoms. The first-order valence-corrected chi connectivity index (χ1v) is 9.18. The van der Waals surface area contributed by atoms with Gasteiger partial charge in [-0.2, -0.15) is 0 Å². The summed E-state index contributed by atoms with van der Waals surface area (Å²) in [4.78, 5) is 14.5. The van der Waals surface area contributed by atoms with Crippen LogP contribution in [0.5, 0.6) is 0 Å². The number of carbonyl (C=O) groups is 1. The average Bonchev–Trinajstić information content (AvgIpc) is 3.04. The highest BCUT2D eigenvalue weighted by molar-refractivity contribution is 5.69. The molecule has 0 radical (unpaired) electrons. The molecule has 0 aromatic heterocycles. The summed E-state index contributed by atoms with van der Waals surface area (Å²) in [5, 5.41) is 3.81. The molecule has 3 aliphatic heterocycles. The lowest BCUT2D eigenvalue weighted by Crippen LogP contribution is -2.54. The highest BCUT2D eigenvalue weighted by Gasteiger charge is 2.45. The topological polar surface area (TPSA) is 50.8 Å². The highest BCUT2D eigenvalue weighted by Crippen LogP contribution is 2.37. The number of nitrogens with zero attached hydrogens (tertiary/aromatic N) is 1. The Hall–Kier alpha value is -0.810. The van der Waals surface area contributed by atoms with Crippen molar-refractivity contribution in [2.75, 3.05) is 13.2 Å². The van der Waals surface area contributed by atoms with Crippen LogP contribution in [0.25, 0.3) is 0 Å². The Morgan fingerprint density at radius 1 is 1.22 bits per heavy atom. The smallest absolute Gasteiger partial charge is 0.410 e. The number of amides is 1. The quantitative estimate of drug-likeness (QED) is 0.867. The molecule has 5 nitrogen and oxygen atoms in total. The largest absolute Gasteiger partial charge is 0.444 e. The van der Waals surface area contributed by atoms with E-state index in [1.165, 1.54) is 0 Å². The maximum absolute atomic E-state index is 12.5. The van der Waals surface area contributed by atoms with E-state index in [2.05, 4.69) is 12.2 Å². The van der Waals surface area contributed by atoms with Gasteiger partial charge in [0.1, 0.15) is 5.60 Å². The van der Waals surface area contributed by atoms with Crippen molar-refractivity contribution in [3.8, 4) is 0 Å². The molecule has 0 aromatic rings. The molecular formula is C18H32N2O3. The van der Waals surface area contributed by atoms with Crippen molar-refractivity contribution in [3.05, 3.63) is 0 Å². The van der Waals surface area contributed by atoms with E-state index >= 15 is 0 Å². The molecule has 3 aliphatic rings. The van der Waals surface area contributed by atoms with Crippen LogP contribution in [0, 0.1) is 5.92 Å². The van der Waals surface area contributed by atoms with Crippen LogP contribution < -0.4 is 5.32 Å². The van der Waals surface area contributed by atoms with E-state index in [9.17, 15) is 4.79 Å². The maximum Gasteiger partial charge on any atom is 0.410 e. The van der Waals surface area contributed by atoms with Gasteiger partial charge in [0, 0.05) is 30.8 Å². The lowest BCUT2D eigenvalue weighted by Gasteiger charge is -2.41. The van der Waals surface area contributed by atoms with Crippen molar-refractivity contribution in [1.29, 1.82) is 0 Å². The Labute approximate surface area is 140 Å². The second-order valence-corrected chi connectivity index (χ2v) is 8.52. The Balaban J connectivity index is 1.55. The number of rotatable bonds is 3. The van der Waals surface area contributed by atoms with E-state index in [1.807, 2.05) is 25.7 Å². The third-order valence-electron chi connectivity index (χ3n) is 5.51. The van der Waals surface area contributed by atoms with Crippen molar-refractivity contribution in [1.82, 2.24) is 10.2 Å². The predicted octanol–water partition coefficient (Wildman–Crippen LogP) is 2.93. The van der Waals surface area contributed by atoms with Crippen LogP contribution in [0.3, 0.4) is 0 Å². The zero-order valence-corrected chi connectivity index (χ0v) is 15.0. The monoisotopic (exact) mass is 324 g/mol. The maximum atomic E-state index is 12.5. The summed E-state index contributed by atoms with van der Waals surface area (Å²) < 4.78 is 11.1. The van der Waals surface area contributed by atoms with E-state index in [1.54, 1.807) is 0 Å². The van der Waals surface area contributed by atoms with E-state index in [4.69, 9.17) is 9.47 Å². The summed E-state index contributed by atoms with van der Waals surface area (Å²) in [6, 6.07) is 1.69. The molecule has 132 valence electrons. The third kappa shape index (κ3) is 4.00. The molecule has 4 atom stereocenters. The first kappa shape index (κ1) is 17.0. The molecule has 3 fully saturated rings. The third-order valence-corrected chi connectivity index (χ3v) is 5.51. The van der Waals surface area contributed by atoms with Gasteiger partial charge in [-0.15, -0.1) is 0 Å². The van der Waals surface area contributed by atoms with Crippen molar-refractivity contribution in [3.63, 3.8) is 0 Å². The van der Waals surface area contributed by atoms with Gasteiger partial charge in [0.15, 0.2) is 0 Å². The van der Waals surface area contributed by atoms with Gasteiger partial charge < -0.3 is 19.7 Å². The first-order valence-electron chi connectivity index (χ1n) is 9.18.